The van der Waals surface area contributed by atoms with E-state index in [1.165, 1.54) is 6.42 Å². The predicted octanol–water partition coefficient (Wildman–Crippen LogP) is 1.58. The molecule has 1 fully saturated rings. The molecule has 100 valence electrons. The van der Waals surface area contributed by atoms with Gasteiger partial charge in [0.05, 0.1) is 14.2 Å². The molecule has 0 aromatic carbocycles. The molecule has 5 heteroatoms. The highest BCUT2D eigenvalue weighted by Gasteiger charge is 2.21. The van der Waals surface area contributed by atoms with Crippen LogP contribution in [0, 0.1) is 0 Å². The van der Waals surface area contributed by atoms with Gasteiger partial charge in [-0.3, -0.25) is 4.90 Å². The summed E-state index contributed by atoms with van der Waals surface area (Å²) in [5, 5.41) is 10.3. The number of piperidine rings is 1. The Labute approximate surface area is 107 Å². The lowest BCUT2D eigenvalue weighted by Gasteiger charge is -2.31. The van der Waals surface area contributed by atoms with Crippen molar-refractivity contribution in [2.45, 2.75) is 25.5 Å². The second kappa shape index (κ2) is 6.02. The van der Waals surface area contributed by atoms with Crippen molar-refractivity contribution in [3.8, 4) is 11.6 Å². The molecule has 0 saturated carbocycles. The number of aliphatic hydroxyl groups is 1. The van der Waals surface area contributed by atoms with E-state index in [0.717, 1.165) is 31.5 Å². The summed E-state index contributed by atoms with van der Waals surface area (Å²) in [5.41, 5.74) is 0.745. The van der Waals surface area contributed by atoms with E-state index in [2.05, 4.69) is 9.88 Å². The number of rotatable bonds is 4. The Hall–Kier alpha value is -1.33. The van der Waals surface area contributed by atoms with Gasteiger partial charge in [-0.1, -0.05) is 6.42 Å². The Kier molecular flexibility index (Phi) is 4.38. The van der Waals surface area contributed by atoms with Crippen LogP contribution < -0.4 is 9.47 Å². The third-order valence-electron chi connectivity index (χ3n) is 3.29. The lowest BCUT2D eigenvalue weighted by Crippen LogP contribution is -2.33. The van der Waals surface area contributed by atoms with Gasteiger partial charge in [0.1, 0.15) is 6.23 Å². The summed E-state index contributed by atoms with van der Waals surface area (Å²) in [6.07, 6.45) is 4.54. The maximum absolute atomic E-state index is 10.3. The molecule has 1 aromatic heterocycles. The van der Waals surface area contributed by atoms with Crippen molar-refractivity contribution in [1.82, 2.24) is 9.88 Å². The molecule has 1 saturated heterocycles. The standard InChI is InChI=1S/C13H20N2O3/c1-17-11-8-10(9-14-12(11)18-2)13(16)15-6-4-3-5-7-15/h8-9,13,16H,3-7H2,1-2H3/t13-/m1/s1. The fraction of sp³-hybridized carbons (Fsp3) is 0.615. The highest BCUT2D eigenvalue weighted by atomic mass is 16.5. The fourth-order valence-electron chi connectivity index (χ4n) is 2.26. The van der Waals surface area contributed by atoms with Gasteiger partial charge in [-0.2, -0.15) is 0 Å². The smallest absolute Gasteiger partial charge is 0.256 e. The number of aliphatic hydroxyl groups excluding tert-OH is 1. The average molecular weight is 252 g/mol. The van der Waals surface area contributed by atoms with E-state index in [1.54, 1.807) is 26.5 Å². The third-order valence-corrected chi connectivity index (χ3v) is 3.29. The fourth-order valence-corrected chi connectivity index (χ4v) is 2.26. The second-order valence-electron chi connectivity index (χ2n) is 4.45. The van der Waals surface area contributed by atoms with Crippen LogP contribution in [0.15, 0.2) is 12.3 Å². The SMILES string of the molecule is COc1cc([C@@H](O)N2CCCCC2)cnc1OC. The largest absolute Gasteiger partial charge is 0.491 e. The normalized spacial score (nSPS) is 18.4. The molecule has 1 N–H and O–H groups in total. The van der Waals surface area contributed by atoms with Gasteiger partial charge in [0.2, 0.25) is 0 Å². The number of aromatic nitrogens is 1. The summed E-state index contributed by atoms with van der Waals surface area (Å²) >= 11 is 0. The van der Waals surface area contributed by atoms with E-state index >= 15 is 0 Å². The summed E-state index contributed by atoms with van der Waals surface area (Å²) in [5.74, 6) is 0.984. The first-order valence-electron chi connectivity index (χ1n) is 6.26. The molecule has 1 aliphatic heterocycles. The van der Waals surface area contributed by atoms with E-state index in [9.17, 15) is 5.11 Å². The molecule has 0 amide bonds. The van der Waals surface area contributed by atoms with Crippen molar-refractivity contribution in [3.63, 3.8) is 0 Å². The summed E-state index contributed by atoms with van der Waals surface area (Å²) in [6.45, 7) is 1.85. The molecule has 0 bridgehead atoms. The Morgan fingerprint density at radius 3 is 2.56 bits per heavy atom. The molecule has 2 rings (SSSR count). The summed E-state index contributed by atoms with van der Waals surface area (Å²) in [6, 6.07) is 1.78. The lowest BCUT2D eigenvalue weighted by molar-refractivity contribution is -0.0102. The minimum absolute atomic E-state index is 0.437. The highest BCUT2D eigenvalue weighted by molar-refractivity contribution is 5.36. The van der Waals surface area contributed by atoms with Crippen molar-refractivity contribution >= 4 is 0 Å². The minimum atomic E-state index is -0.613. The number of hydrogen-bond donors (Lipinski definition) is 1. The Morgan fingerprint density at radius 2 is 1.94 bits per heavy atom. The van der Waals surface area contributed by atoms with E-state index in [0.29, 0.717) is 11.6 Å². The number of methoxy groups -OCH3 is 2. The first-order chi connectivity index (χ1) is 8.76. The molecule has 1 aliphatic rings. The van der Waals surface area contributed by atoms with Crippen LogP contribution in [-0.4, -0.2) is 42.3 Å². The number of hydrogen-bond acceptors (Lipinski definition) is 5. The van der Waals surface area contributed by atoms with Crippen LogP contribution in [0.1, 0.15) is 31.1 Å². The van der Waals surface area contributed by atoms with Crippen molar-refractivity contribution in [2.24, 2.45) is 0 Å². The summed E-state index contributed by atoms with van der Waals surface area (Å²) in [7, 11) is 3.11. The molecule has 1 aromatic rings. The van der Waals surface area contributed by atoms with E-state index < -0.39 is 6.23 Å². The molecular formula is C13H20N2O3. The molecular weight excluding hydrogens is 232 g/mol. The van der Waals surface area contributed by atoms with Crippen LogP contribution >= 0.6 is 0 Å². The second-order valence-corrected chi connectivity index (χ2v) is 4.45. The quantitative estimate of drug-likeness (QED) is 0.881. The number of pyridine rings is 1. The zero-order chi connectivity index (χ0) is 13.0. The number of nitrogens with zero attached hydrogens (tertiary/aromatic N) is 2. The highest BCUT2D eigenvalue weighted by Crippen LogP contribution is 2.29. The molecule has 1 atom stereocenters. The molecule has 0 unspecified atom stereocenters. The van der Waals surface area contributed by atoms with Gasteiger partial charge >= 0.3 is 0 Å². The van der Waals surface area contributed by atoms with Crippen LogP contribution in [0.4, 0.5) is 0 Å². The van der Waals surface area contributed by atoms with Crippen LogP contribution in [0.2, 0.25) is 0 Å². The topological polar surface area (TPSA) is 54.8 Å². The van der Waals surface area contributed by atoms with E-state index in [1.807, 2.05) is 0 Å². The summed E-state index contributed by atoms with van der Waals surface area (Å²) < 4.78 is 10.3. The van der Waals surface area contributed by atoms with Gasteiger partial charge in [0, 0.05) is 24.8 Å². The first kappa shape index (κ1) is 13.1. The molecule has 0 aliphatic carbocycles. The van der Waals surface area contributed by atoms with Gasteiger partial charge in [0.25, 0.3) is 5.88 Å². The van der Waals surface area contributed by atoms with Crippen molar-refractivity contribution in [1.29, 1.82) is 0 Å². The van der Waals surface area contributed by atoms with Crippen LogP contribution in [0.3, 0.4) is 0 Å². The van der Waals surface area contributed by atoms with Crippen LogP contribution in [0.5, 0.6) is 11.6 Å². The Bertz CT molecular complexity index is 392. The monoisotopic (exact) mass is 252 g/mol. The van der Waals surface area contributed by atoms with Crippen LogP contribution in [0.25, 0.3) is 0 Å². The zero-order valence-electron chi connectivity index (χ0n) is 10.9. The lowest BCUT2D eigenvalue weighted by atomic mass is 10.1. The molecule has 0 spiro atoms. The molecule has 18 heavy (non-hydrogen) atoms. The van der Waals surface area contributed by atoms with Gasteiger partial charge in [-0.25, -0.2) is 4.98 Å². The average Bonchev–Trinajstić information content (AvgIpc) is 2.46. The zero-order valence-corrected chi connectivity index (χ0v) is 10.9. The maximum Gasteiger partial charge on any atom is 0.256 e. The minimum Gasteiger partial charge on any atom is -0.491 e. The first-order valence-corrected chi connectivity index (χ1v) is 6.26. The van der Waals surface area contributed by atoms with Gasteiger partial charge in [-0.05, 0) is 18.9 Å². The molecule has 2 heterocycles. The van der Waals surface area contributed by atoms with Crippen molar-refractivity contribution < 1.29 is 14.6 Å². The van der Waals surface area contributed by atoms with E-state index in [-0.39, 0.29) is 0 Å². The Balaban J connectivity index is 2.16. The molecule has 0 radical (unpaired) electrons. The Morgan fingerprint density at radius 1 is 1.22 bits per heavy atom. The summed E-state index contributed by atoms with van der Waals surface area (Å²) in [4.78, 5) is 6.21. The number of ether oxygens (including phenoxy) is 2. The predicted molar refractivity (Wildman–Crippen MR) is 67.7 cm³/mol. The van der Waals surface area contributed by atoms with Gasteiger partial charge in [0.15, 0.2) is 5.75 Å². The number of likely N-dealkylation sites (tertiary alicyclic amines) is 1. The van der Waals surface area contributed by atoms with E-state index in [4.69, 9.17) is 9.47 Å². The third kappa shape index (κ3) is 2.73. The van der Waals surface area contributed by atoms with Crippen molar-refractivity contribution in [3.05, 3.63) is 17.8 Å². The van der Waals surface area contributed by atoms with Crippen molar-refractivity contribution in [2.75, 3.05) is 27.3 Å². The van der Waals surface area contributed by atoms with Crippen LogP contribution in [-0.2, 0) is 0 Å². The molecule has 5 nitrogen and oxygen atoms in total. The maximum atomic E-state index is 10.3. The van der Waals surface area contributed by atoms with Gasteiger partial charge in [-0.15, -0.1) is 0 Å². The van der Waals surface area contributed by atoms with Gasteiger partial charge < -0.3 is 14.6 Å².